The van der Waals surface area contributed by atoms with E-state index >= 15 is 0 Å². The van der Waals surface area contributed by atoms with Gasteiger partial charge in [-0.1, -0.05) is 43.5 Å². The van der Waals surface area contributed by atoms with Gasteiger partial charge in [0.1, 0.15) is 11.6 Å². The number of anilines is 1. The molecule has 1 N–H and O–H groups in total. The number of rotatable bonds is 7. The Morgan fingerprint density at radius 2 is 1.89 bits per heavy atom. The topological polar surface area (TPSA) is 56.1 Å². The number of amides is 1. The molecule has 0 aromatic heterocycles. The standard InChI is InChI=1S/C23H27N3O/c1-4-9-20(5-2)18(3)25-23(27)21(17-24)16-19-10-12-22(13-11-19)26-14-7-6-8-15-26/h4-5,9-13,16,18H,1-2,6-8,14-15H2,3H3,(H,25,27)/b20-9+,21-16+. The monoisotopic (exact) mass is 361 g/mol. The van der Waals surface area contributed by atoms with Gasteiger partial charge in [-0.2, -0.15) is 5.26 Å². The highest BCUT2D eigenvalue weighted by atomic mass is 16.1. The van der Waals surface area contributed by atoms with Gasteiger partial charge in [0, 0.05) is 18.8 Å². The second kappa shape index (κ2) is 10.2. The van der Waals surface area contributed by atoms with Gasteiger partial charge in [0.05, 0.1) is 6.04 Å². The Morgan fingerprint density at radius 3 is 2.44 bits per heavy atom. The number of carbonyl (C=O) groups is 1. The van der Waals surface area contributed by atoms with E-state index in [1.165, 1.54) is 24.9 Å². The number of piperidine rings is 1. The van der Waals surface area contributed by atoms with Crippen LogP contribution in [0.25, 0.3) is 6.08 Å². The van der Waals surface area contributed by atoms with Crippen molar-refractivity contribution in [2.75, 3.05) is 18.0 Å². The molecule has 1 unspecified atom stereocenters. The van der Waals surface area contributed by atoms with Gasteiger partial charge in [-0.15, -0.1) is 0 Å². The SMILES string of the molecule is C=C/C=C(\C=C)C(C)NC(=O)/C(C#N)=C/c1ccc(N2CCCCC2)cc1. The van der Waals surface area contributed by atoms with Crippen molar-refractivity contribution in [3.05, 3.63) is 72.4 Å². The summed E-state index contributed by atoms with van der Waals surface area (Å²) in [5, 5.41) is 12.2. The van der Waals surface area contributed by atoms with Crippen LogP contribution in [0.15, 0.2) is 66.8 Å². The van der Waals surface area contributed by atoms with Crippen molar-refractivity contribution in [3.63, 3.8) is 0 Å². The van der Waals surface area contributed by atoms with Crippen LogP contribution in [-0.2, 0) is 4.79 Å². The van der Waals surface area contributed by atoms with E-state index in [1.807, 2.05) is 25.1 Å². The number of nitrogens with zero attached hydrogens (tertiary/aromatic N) is 2. The molecule has 1 amide bonds. The van der Waals surface area contributed by atoms with Crippen molar-refractivity contribution in [1.82, 2.24) is 5.32 Å². The molecule has 1 saturated heterocycles. The number of hydrogen-bond donors (Lipinski definition) is 1. The minimum atomic E-state index is -0.401. The fraction of sp³-hybridized carbons (Fsp3) is 0.304. The van der Waals surface area contributed by atoms with Gasteiger partial charge in [0.15, 0.2) is 0 Å². The van der Waals surface area contributed by atoms with E-state index < -0.39 is 5.91 Å². The van der Waals surface area contributed by atoms with E-state index in [-0.39, 0.29) is 11.6 Å². The van der Waals surface area contributed by atoms with E-state index in [4.69, 9.17) is 0 Å². The highest BCUT2D eigenvalue weighted by Crippen LogP contribution is 2.21. The molecule has 4 heteroatoms. The lowest BCUT2D eigenvalue weighted by Crippen LogP contribution is -2.34. The number of hydrogen-bond acceptors (Lipinski definition) is 3. The third-order valence-electron chi connectivity index (χ3n) is 4.68. The molecule has 0 saturated carbocycles. The molecule has 0 radical (unpaired) electrons. The van der Waals surface area contributed by atoms with Gasteiger partial charge in [0.25, 0.3) is 5.91 Å². The number of allylic oxidation sites excluding steroid dienone is 2. The van der Waals surface area contributed by atoms with Crippen LogP contribution in [0.2, 0.25) is 0 Å². The third kappa shape index (κ3) is 5.72. The molecule has 1 atom stereocenters. The summed E-state index contributed by atoms with van der Waals surface area (Å²) in [6, 6.07) is 9.74. The van der Waals surface area contributed by atoms with E-state index in [2.05, 4.69) is 35.5 Å². The Bertz CT molecular complexity index is 775. The second-order valence-corrected chi connectivity index (χ2v) is 6.61. The summed E-state index contributed by atoms with van der Waals surface area (Å²) >= 11 is 0. The first-order valence-corrected chi connectivity index (χ1v) is 9.31. The molecule has 1 heterocycles. The Kier molecular flexibility index (Phi) is 7.63. The minimum Gasteiger partial charge on any atom is -0.372 e. The van der Waals surface area contributed by atoms with Gasteiger partial charge in [-0.3, -0.25) is 4.79 Å². The van der Waals surface area contributed by atoms with E-state index in [1.54, 1.807) is 24.3 Å². The predicted molar refractivity (Wildman–Crippen MR) is 112 cm³/mol. The maximum absolute atomic E-state index is 12.4. The summed E-state index contributed by atoms with van der Waals surface area (Å²) in [6.07, 6.45) is 10.5. The van der Waals surface area contributed by atoms with E-state index in [0.29, 0.717) is 0 Å². The highest BCUT2D eigenvalue weighted by Gasteiger charge is 2.14. The summed E-state index contributed by atoms with van der Waals surface area (Å²) in [7, 11) is 0. The summed E-state index contributed by atoms with van der Waals surface area (Å²) in [5.41, 5.74) is 2.94. The van der Waals surface area contributed by atoms with Crippen LogP contribution in [0.1, 0.15) is 31.7 Å². The smallest absolute Gasteiger partial charge is 0.262 e. The quantitative estimate of drug-likeness (QED) is 0.445. The van der Waals surface area contributed by atoms with Crippen LogP contribution in [0.4, 0.5) is 5.69 Å². The maximum atomic E-state index is 12.4. The summed E-state index contributed by atoms with van der Waals surface area (Å²) < 4.78 is 0. The molecular weight excluding hydrogens is 334 g/mol. The molecule has 140 valence electrons. The van der Waals surface area contributed by atoms with Gasteiger partial charge in [0.2, 0.25) is 0 Å². The summed E-state index contributed by atoms with van der Waals surface area (Å²) in [4.78, 5) is 14.8. The predicted octanol–water partition coefficient (Wildman–Crippen LogP) is 4.39. The van der Waals surface area contributed by atoms with Crippen LogP contribution >= 0.6 is 0 Å². The molecule has 1 fully saturated rings. The molecule has 2 rings (SSSR count). The van der Waals surface area contributed by atoms with Gasteiger partial charge in [-0.25, -0.2) is 0 Å². The molecule has 27 heavy (non-hydrogen) atoms. The molecule has 1 aromatic rings. The van der Waals surface area contributed by atoms with Crippen LogP contribution in [-0.4, -0.2) is 25.0 Å². The van der Waals surface area contributed by atoms with Crippen LogP contribution in [0, 0.1) is 11.3 Å². The Hall–Kier alpha value is -3.06. The zero-order valence-corrected chi connectivity index (χ0v) is 15.9. The Balaban J connectivity index is 2.09. The molecular formula is C23H27N3O. The lowest BCUT2D eigenvalue weighted by molar-refractivity contribution is -0.117. The average Bonchev–Trinajstić information content (AvgIpc) is 2.71. The largest absolute Gasteiger partial charge is 0.372 e. The number of nitriles is 1. The number of carbonyl (C=O) groups excluding carboxylic acids is 1. The highest BCUT2D eigenvalue weighted by molar-refractivity contribution is 6.02. The van der Waals surface area contributed by atoms with Crippen molar-refractivity contribution in [2.24, 2.45) is 0 Å². The Morgan fingerprint density at radius 1 is 1.22 bits per heavy atom. The molecule has 4 nitrogen and oxygen atoms in total. The summed E-state index contributed by atoms with van der Waals surface area (Å²) in [6.45, 7) is 11.4. The first kappa shape index (κ1) is 20.3. The first-order chi connectivity index (χ1) is 13.1. The van der Waals surface area contributed by atoms with E-state index in [0.717, 1.165) is 24.2 Å². The number of nitrogens with one attached hydrogen (secondary N) is 1. The van der Waals surface area contributed by atoms with Crippen molar-refractivity contribution in [3.8, 4) is 6.07 Å². The number of benzene rings is 1. The zero-order valence-electron chi connectivity index (χ0n) is 15.9. The Labute approximate surface area is 162 Å². The minimum absolute atomic E-state index is 0.0783. The van der Waals surface area contributed by atoms with Crippen LogP contribution in [0.5, 0.6) is 0 Å². The van der Waals surface area contributed by atoms with Crippen LogP contribution < -0.4 is 10.2 Å². The molecule has 0 spiro atoms. The van der Waals surface area contributed by atoms with Crippen molar-refractivity contribution in [1.29, 1.82) is 5.26 Å². The van der Waals surface area contributed by atoms with Gasteiger partial charge in [-0.05, 0) is 55.5 Å². The van der Waals surface area contributed by atoms with E-state index in [9.17, 15) is 10.1 Å². The average molecular weight is 361 g/mol. The normalized spacial score (nSPS) is 16.2. The third-order valence-corrected chi connectivity index (χ3v) is 4.68. The second-order valence-electron chi connectivity index (χ2n) is 6.61. The van der Waals surface area contributed by atoms with Gasteiger partial charge < -0.3 is 10.2 Å². The zero-order chi connectivity index (χ0) is 19.6. The lowest BCUT2D eigenvalue weighted by atomic mass is 10.1. The fourth-order valence-corrected chi connectivity index (χ4v) is 3.13. The fourth-order valence-electron chi connectivity index (χ4n) is 3.13. The molecule has 1 aliphatic rings. The molecule has 1 aliphatic heterocycles. The molecule has 0 aliphatic carbocycles. The van der Waals surface area contributed by atoms with Crippen molar-refractivity contribution >= 4 is 17.7 Å². The van der Waals surface area contributed by atoms with Gasteiger partial charge >= 0.3 is 0 Å². The first-order valence-electron chi connectivity index (χ1n) is 9.31. The summed E-state index contributed by atoms with van der Waals surface area (Å²) in [5.74, 6) is -0.401. The lowest BCUT2D eigenvalue weighted by Gasteiger charge is -2.28. The van der Waals surface area contributed by atoms with Crippen molar-refractivity contribution in [2.45, 2.75) is 32.2 Å². The van der Waals surface area contributed by atoms with Crippen molar-refractivity contribution < 1.29 is 4.79 Å². The molecule has 0 bridgehead atoms. The molecule has 1 aromatic carbocycles. The maximum Gasteiger partial charge on any atom is 0.262 e. The van der Waals surface area contributed by atoms with Crippen LogP contribution in [0.3, 0.4) is 0 Å².